The number of fused-ring (bicyclic) bond motifs is 1. The Bertz CT molecular complexity index is 836. The zero-order valence-corrected chi connectivity index (χ0v) is 11.6. The SMILES string of the molecule is Cc1ccc2c(cc(C#N)n2Cc2nonc2C)c1C. The van der Waals surface area contributed by atoms with Crippen molar-refractivity contribution in [3.63, 3.8) is 0 Å². The van der Waals surface area contributed by atoms with Crippen LogP contribution in [0.15, 0.2) is 22.8 Å². The highest BCUT2D eigenvalue weighted by molar-refractivity contribution is 5.86. The monoisotopic (exact) mass is 266 g/mol. The van der Waals surface area contributed by atoms with Crippen LogP contribution in [-0.4, -0.2) is 14.9 Å². The first-order valence-electron chi connectivity index (χ1n) is 6.39. The molecule has 2 aromatic heterocycles. The summed E-state index contributed by atoms with van der Waals surface area (Å²) in [6, 6.07) is 8.29. The predicted molar refractivity (Wildman–Crippen MR) is 74.3 cm³/mol. The Morgan fingerprint density at radius 2 is 2.05 bits per heavy atom. The second-order valence-electron chi connectivity index (χ2n) is 4.96. The van der Waals surface area contributed by atoms with Crippen molar-refractivity contribution in [1.82, 2.24) is 14.9 Å². The largest absolute Gasteiger partial charge is 0.326 e. The number of aryl methyl sites for hydroxylation is 3. The number of nitriles is 1. The first-order valence-corrected chi connectivity index (χ1v) is 6.39. The molecule has 100 valence electrons. The quantitative estimate of drug-likeness (QED) is 0.715. The van der Waals surface area contributed by atoms with E-state index in [-0.39, 0.29) is 0 Å². The van der Waals surface area contributed by atoms with E-state index in [0.29, 0.717) is 12.2 Å². The summed E-state index contributed by atoms with van der Waals surface area (Å²) in [5, 5.41) is 18.1. The van der Waals surface area contributed by atoms with Crippen molar-refractivity contribution in [3.05, 3.63) is 46.4 Å². The molecule has 20 heavy (non-hydrogen) atoms. The van der Waals surface area contributed by atoms with Crippen LogP contribution < -0.4 is 0 Å². The fourth-order valence-corrected chi connectivity index (χ4v) is 2.39. The fourth-order valence-electron chi connectivity index (χ4n) is 2.39. The van der Waals surface area contributed by atoms with Gasteiger partial charge in [-0.15, -0.1) is 0 Å². The Kier molecular flexibility index (Phi) is 2.79. The van der Waals surface area contributed by atoms with Crippen LogP contribution in [0.3, 0.4) is 0 Å². The summed E-state index contributed by atoms with van der Waals surface area (Å²) in [6.45, 7) is 6.49. The third kappa shape index (κ3) is 1.77. The van der Waals surface area contributed by atoms with Gasteiger partial charge in [0.1, 0.15) is 23.2 Å². The third-order valence-electron chi connectivity index (χ3n) is 3.79. The standard InChI is InChI=1S/C15H14N4O/c1-9-4-5-15-13(10(9)2)6-12(7-16)19(15)8-14-11(3)17-20-18-14/h4-6H,8H2,1-3H3. The van der Waals surface area contributed by atoms with Crippen LogP contribution in [0.25, 0.3) is 10.9 Å². The van der Waals surface area contributed by atoms with Crippen LogP contribution in [-0.2, 0) is 6.54 Å². The van der Waals surface area contributed by atoms with Crippen molar-refractivity contribution in [2.24, 2.45) is 0 Å². The van der Waals surface area contributed by atoms with E-state index in [1.165, 1.54) is 11.1 Å². The van der Waals surface area contributed by atoms with Gasteiger partial charge in [0.2, 0.25) is 0 Å². The summed E-state index contributed by atoms with van der Waals surface area (Å²) in [7, 11) is 0. The number of rotatable bonds is 2. The van der Waals surface area contributed by atoms with Gasteiger partial charge in [-0.25, -0.2) is 4.63 Å². The molecule has 0 saturated carbocycles. The molecule has 0 spiro atoms. The first kappa shape index (κ1) is 12.4. The Morgan fingerprint density at radius 1 is 1.25 bits per heavy atom. The molecular formula is C15H14N4O. The van der Waals surface area contributed by atoms with Gasteiger partial charge in [-0.3, -0.25) is 0 Å². The van der Waals surface area contributed by atoms with Crippen molar-refractivity contribution >= 4 is 10.9 Å². The summed E-state index contributed by atoms with van der Waals surface area (Å²) in [5.74, 6) is 0. The average molecular weight is 266 g/mol. The Morgan fingerprint density at radius 3 is 2.70 bits per heavy atom. The summed E-state index contributed by atoms with van der Waals surface area (Å²) in [6.07, 6.45) is 0. The Labute approximate surface area is 116 Å². The smallest absolute Gasteiger partial charge is 0.127 e. The van der Waals surface area contributed by atoms with E-state index in [4.69, 9.17) is 4.63 Å². The molecule has 0 amide bonds. The molecule has 0 fully saturated rings. The normalized spacial score (nSPS) is 10.9. The maximum absolute atomic E-state index is 9.35. The molecule has 0 aliphatic heterocycles. The lowest BCUT2D eigenvalue weighted by atomic mass is 10.1. The maximum atomic E-state index is 9.35. The minimum atomic E-state index is 0.490. The highest BCUT2D eigenvalue weighted by Gasteiger charge is 2.14. The van der Waals surface area contributed by atoms with Crippen molar-refractivity contribution in [3.8, 4) is 6.07 Å². The van der Waals surface area contributed by atoms with Crippen LogP contribution in [0.4, 0.5) is 0 Å². The molecule has 1 aromatic carbocycles. The van der Waals surface area contributed by atoms with E-state index < -0.39 is 0 Å². The van der Waals surface area contributed by atoms with Crippen molar-refractivity contribution in [2.75, 3.05) is 0 Å². The van der Waals surface area contributed by atoms with E-state index in [2.05, 4.69) is 36.3 Å². The lowest BCUT2D eigenvalue weighted by Gasteiger charge is -2.06. The number of hydrogen-bond donors (Lipinski definition) is 0. The molecule has 0 bridgehead atoms. The van der Waals surface area contributed by atoms with E-state index in [1.54, 1.807) is 0 Å². The second-order valence-corrected chi connectivity index (χ2v) is 4.96. The van der Waals surface area contributed by atoms with E-state index in [9.17, 15) is 5.26 Å². The Hall–Kier alpha value is -2.61. The van der Waals surface area contributed by atoms with Gasteiger partial charge in [0, 0.05) is 10.9 Å². The topological polar surface area (TPSA) is 67.6 Å². The van der Waals surface area contributed by atoms with Crippen LogP contribution in [0.1, 0.15) is 28.2 Å². The second kappa shape index (κ2) is 4.49. The van der Waals surface area contributed by atoms with Gasteiger partial charge >= 0.3 is 0 Å². The fraction of sp³-hybridized carbons (Fsp3) is 0.267. The maximum Gasteiger partial charge on any atom is 0.127 e. The molecule has 5 nitrogen and oxygen atoms in total. The summed E-state index contributed by atoms with van der Waals surface area (Å²) in [5.41, 5.74) is 5.58. The van der Waals surface area contributed by atoms with Crippen molar-refractivity contribution < 1.29 is 4.63 Å². The van der Waals surface area contributed by atoms with Crippen LogP contribution in [0, 0.1) is 32.1 Å². The summed E-state index contributed by atoms with van der Waals surface area (Å²) in [4.78, 5) is 0. The van der Waals surface area contributed by atoms with Gasteiger partial charge < -0.3 is 4.57 Å². The van der Waals surface area contributed by atoms with E-state index in [1.807, 2.05) is 23.6 Å². The van der Waals surface area contributed by atoms with E-state index in [0.717, 1.165) is 22.3 Å². The van der Waals surface area contributed by atoms with Gasteiger partial charge in [0.25, 0.3) is 0 Å². The molecule has 0 aliphatic rings. The average Bonchev–Trinajstić information content (AvgIpc) is 3.00. The molecule has 5 heteroatoms. The van der Waals surface area contributed by atoms with Gasteiger partial charge in [-0.05, 0) is 44.0 Å². The molecule has 3 aromatic rings. The zero-order valence-electron chi connectivity index (χ0n) is 11.6. The highest BCUT2D eigenvalue weighted by atomic mass is 16.6. The number of hydrogen-bond acceptors (Lipinski definition) is 4. The van der Waals surface area contributed by atoms with Gasteiger partial charge in [-0.2, -0.15) is 5.26 Å². The molecule has 3 rings (SSSR count). The number of aromatic nitrogens is 3. The molecule has 0 N–H and O–H groups in total. The van der Waals surface area contributed by atoms with Crippen LogP contribution in [0.2, 0.25) is 0 Å². The molecule has 0 atom stereocenters. The van der Waals surface area contributed by atoms with E-state index >= 15 is 0 Å². The van der Waals surface area contributed by atoms with Crippen LogP contribution in [0.5, 0.6) is 0 Å². The Balaban J connectivity index is 2.22. The minimum Gasteiger partial charge on any atom is -0.326 e. The molecule has 0 radical (unpaired) electrons. The van der Waals surface area contributed by atoms with Crippen molar-refractivity contribution in [2.45, 2.75) is 27.3 Å². The molecule has 0 saturated heterocycles. The number of benzene rings is 1. The predicted octanol–water partition coefficient (Wildman–Crippen LogP) is 2.87. The molecule has 0 unspecified atom stereocenters. The highest BCUT2D eigenvalue weighted by Crippen LogP contribution is 2.26. The number of nitrogens with zero attached hydrogens (tertiary/aromatic N) is 4. The first-order chi connectivity index (χ1) is 9.61. The van der Waals surface area contributed by atoms with Crippen molar-refractivity contribution in [1.29, 1.82) is 5.26 Å². The molecule has 0 aliphatic carbocycles. The molecule has 2 heterocycles. The molecular weight excluding hydrogens is 252 g/mol. The lowest BCUT2D eigenvalue weighted by Crippen LogP contribution is -2.03. The summed E-state index contributed by atoms with van der Waals surface area (Å²) >= 11 is 0. The van der Waals surface area contributed by atoms with Gasteiger partial charge in [0.05, 0.1) is 6.54 Å². The summed E-state index contributed by atoms with van der Waals surface area (Å²) < 4.78 is 6.68. The van der Waals surface area contributed by atoms with Crippen LogP contribution >= 0.6 is 0 Å². The van der Waals surface area contributed by atoms with Gasteiger partial charge in [-0.1, -0.05) is 16.4 Å². The lowest BCUT2D eigenvalue weighted by molar-refractivity contribution is 0.300. The van der Waals surface area contributed by atoms with Gasteiger partial charge in [0.15, 0.2) is 0 Å². The third-order valence-corrected chi connectivity index (χ3v) is 3.79. The minimum absolute atomic E-state index is 0.490. The zero-order chi connectivity index (χ0) is 14.3.